The summed E-state index contributed by atoms with van der Waals surface area (Å²) >= 11 is 0. The number of hydrogen-bond acceptors (Lipinski definition) is 3. The lowest BCUT2D eigenvalue weighted by atomic mass is 9.77. The van der Waals surface area contributed by atoms with E-state index in [9.17, 15) is 10.2 Å². The van der Waals surface area contributed by atoms with Crippen LogP contribution in [0.5, 0.6) is 0 Å². The Morgan fingerprint density at radius 1 is 1.11 bits per heavy atom. The predicted molar refractivity (Wildman–Crippen MR) is 73.5 cm³/mol. The Kier molecular flexibility index (Phi) is 5.05. The molecule has 0 amide bonds. The average molecular weight is 255 g/mol. The predicted octanol–water partition coefficient (Wildman–Crippen LogP) is 2.21. The normalized spacial score (nSPS) is 41.8. The van der Waals surface area contributed by atoms with Gasteiger partial charge in [-0.1, -0.05) is 26.2 Å². The van der Waals surface area contributed by atoms with Gasteiger partial charge in [-0.15, -0.1) is 0 Å². The first-order valence-corrected chi connectivity index (χ1v) is 7.77. The van der Waals surface area contributed by atoms with Gasteiger partial charge in [0, 0.05) is 12.6 Å². The fourth-order valence-corrected chi connectivity index (χ4v) is 3.47. The first-order valence-electron chi connectivity index (χ1n) is 7.77. The van der Waals surface area contributed by atoms with Crippen molar-refractivity contribution in [3.63, 3.8) is 0 Å². The van der Waals surface area contributed by atoms with Crippen molar-refractivity contribution in [3.8, 4) is 0 Å². The molecule has 0 radical (unpaired) electrons. The van der Waals surface area contributed by atoms with Crippen molar-refractivity contribution < 1.29 is 10.2 Å². The zero-order valence-corrected chi connectivity index (χ0v) is 11.7. The van der Waals surface area contributed by atoms with Crippen molar-refractivity contribution in [1.29, 1.82) is 0 Å². The molecule has 0 aromatic rings. The van der Waals surface area contributed by atoms with E-state index in [4.69, 9.17) is 0 Å². The minimum atomic E-state index is -0.525. The highest BCUT2D eigenvalue weighted by Gasteiger charge is 2.34. The quantitative estimate of drug-likeness (QED) is 0.722. The van der Waals surface area contributed by atoms with Gasteiger partial charge in [-0.2, -0.15) is 0 Å². The monoisotopic (exact) mass is 255 g/mol. The van der Waals surface area contributed by atoms with E-state index in [2.05, 4.69) is 12.2 Å². The lowest BCUT2D eigenvalue weighted by molar-refractivity contribution is -0.0174. The molecule has 3 heteroatoms. The van der Waals surface area contributed by atoms with Crippen molar-refractivity contribution in [2.24, 2.45) is 5.92 Å². The molecule has 2 fully saturated rings. The molecular formula is C15H29NO2. The minimum absolute atomic E-state index is 0.201. The van der Waals surface area contributed by atoms with E-state index in [-0.39, 0.29) is 12.1 Å². The number of aliphatic hydroxyl groups is 2. The minimum Gasteiger partial charge on any atom is -0.392 e. The van der Waals surface area contributed by atoms with Gasteiger partial charge in [0.25, 0.3) is 0 Å². The van der Waals surface area contributed by atoms with Gasteiger partial charge in [-0.05, 0) is 44.4 Å². The van der Waals surface area contributed by atoms with Crippen molar-refractivity contribution in [2.45, 2.75) is 82.5 Å². The maximum atomic E-state index is 10.6. The molecule has 2 aliphatic rings. The van der Waals surface area contributed by atoms with Gasteiger partial charge in [0.1, 0.15) is 0 Å². The van der Waals surface area contributed by atoms with Crippen LogP contribution < -0.4 is 5.32 Å². The van der Waals surface area contributed by atoms with Crippen molar-refractivity contribution >= 4 is 0 Å². The molecule has 3 nitrogen and oxygen atoms in total. The molecule has 0 saturated heterocycles. The Hall–Kier alpha value is -0.120. The van der Waals surface area contributed by atoms with Gasteiger partial charge in [0.05, 0.1) is 11.7 Å². The van der Waals surface area contributed by atoms with E-state index in [1.165, 1.54) is 12.8 Å². The number of aliphatic hydroxyl groups excluding tert-OH is 1. The standard InChI is InChI=1S/C15H29NO2/c1-2-12-7-9-15(18,10-8-12)11-16-13-5-3-4-6-14(13)17/h12-14,16-18H,2-11H2,1H3. The Labute approximate surface area is 111 Å². The van der Waals surface area contributed by atoms with Gasteiger partial charge in [-0.3, -0.25) is 0 Å². The molecule has 2 rings (SSSR count). The van der Waals surface area contributed by atoms with E-state index in [1.807, 2.05) is 0 Å². The molecule has 0 aromatic carbocycles. The lowest BCUT2D eigenvalue weighted by Gasteiger charge is -2.38. The lowest BCUT2D eigenvalue weighted by Crippen LogP contribution is -2.50. The van der Waals surface area contributed by atoms with Crippen LogP contribution in [0.25, 0.3) is 0 Å². The van der Waals surface area contributed by atoms with E-state index in [0.29, 0.717) is 6.54 Å². The Bertz CT molecular complexity index is 249. The summed E-state index contributed by atoms with van der Waals surface area (Å²) in [4.78, 5) is 0. The van der Waals surface area contributed by atoms with E-state index >= 15 is 0 Å². The van der Waals surface area contributed by atoms with Crippen molar-refractivity contribution in [1.82, 2.24) is 5.32 Å². The van der Waals surface area contributed by atoms with Gasteiger partial charge in [-0.25, -0.2) is 0 Å². The summed E-state index contributed by atoms with van der Waals surface area (Å²) in [7, 11) is 0. The molecule has 2 aliphatic carbocycles. The number of nitrogens with one attached hydrogen (secondary N) is 1. The second-order valence-corrected chi connectivity index (χ2v) is 6.42. The Morgan fingerprint density at radius 2 is 1.78 bits per heavy atom. The molecule has 0 aliphatic heterocycles. The van der Waals surface area contributed by atoms with Crippen LogP contribution in [0, 0.1) is 5.92 Å². The second-order valence-electron chi connectivity index (χ2n) is 6.42. The van der Waals surface area contributed by atoms with E-state index in [1.54, 1.807) is 0 Å². The molecule has 2 unspecified atom stereocenters. The largest absolute Gasteiger partial charge is 0.392 e. The van der Waals surface area contributed by atoms with Crippen LogP contribution in [-0.4, -0.2) is 34.5 Å². The summed E-state index contributed by atoms with van der Waals surface area (Å²) in [6.07, 6.45) is 9.47. The first-order chi connectivity index (χ1) is 8.63. The second kappa shape index (κ2) is 6.36. The molecule has 106 valence electrons. The smallest absolute Gasteiger partial charge is 0.0771 e. The summed E-state index contributed by atoms with van der Waals surface area (Å²) < 4.78 is 0. The van der Waals surface area contributed by atoms with Crippen molar-refractivity contribution in [3.05, 3.63) is 0 Å². The van der Waals surface area contributed by atoms with Gasteiger partial charge < -0.3 is 15.5 Å². The summed E-state index contributed by atoms with van der Waals surface area (Å²) in [5.41, 5.74) is -0.525. The Morgan fingerprint density at radius 3 is 2.39 bits per heavy atom. The summed E-state index contributed by atoms with van der Waals surface area (Å²) in [6.45, 7) is 2.90. The molecule has 0 aromatic heterocycles. The molecule has 0 heterocycles. The van der Waals surface area contributed by atoms with Crippen LogP contribution in [0.15, 0.2) is 0 Å². The molecule has 0 spiro atoms. The molecule has 18 heavy (non-hydrogen) atoms. The maximum Gasteiger partial charge on any atom is 0.0771 e. The van der Waals surface area contributed by atoms with Gasteiger partial charge in [0.15, 0.2) is 0 Å². The SMILES string of the molecule is CCC1CCC(O)(CNC2CCCCC2O)CC1. The first kappa shape index (κ1) is 14.3. The highest BCUT2D eigenvalue weighted by Crippen LogP contribution is 2.33. The molecule has 0 bridgehead atoms. The Balaban J connectivity index is 1.75. The van der Waals surface area contributed by atoms with E-state index < -0.39 is 5.60 Å². The zero-order chi connectivity index (χ0) is 13.0. The van der Waals surface area contributed by atoms with Crippen LogP contribution in [0.4, 0.5) is 0 Å². The van der Waals surface area contributed by atoms with Crippen LogP contribution in [0.2, 0.25) is 0 Å². The van der Waals surface area contributed by atoms with Gasteiger partial charge in [0.2, 0.25) is 0 Å². The van der Waals surface area contributed by atoms with Crippen LogP contribution >= 0.6 is 0 Å². The fraction of sp³-hybridized carbons (Fsp3) is 1.00. The third-order valence-corrected chi connectivity index (χ3v) is 5.04. The number of rotatable bonds is 4. The molecule has 2 atom stereocenters. The van der Waals surface area contributed by atoms with Crippen LogP contribution in [0.3, 0.4) is 0 Å². The van der Waals surface area contributed by atoms with Crippen LogP contribution in [0.1, 0.15) is 64.7 Å². The van der Waals surface area contributed by atoms with Crippen molar-refractivity contribution in [2.75, 3.05) is 6.54 Å². The summed E-state index contributed by atoms with van der Waals surface area (Å²) in [5.74, 6) is 0.811. The zero-order valence-electron chi connectivity index (χ0n) is 11.7. The topological polar surface area (TPSA) is 52.5 Å². The summed E-state index contributed by atoms with van der Waals surface area (Å²) in [5, 5.41) is 23.9. The highest BCUT2D eigenvalue weighted by molar-refractivity contribution is 4.90. The maximum absolute atomic E-state index is 10.6. The third kappa shape index (κ3) is 3.69. The molecule has 3 N–H and O–H groups in total. The highest BCUT2D eigenvalue weighted by atomic mass is 16.3. The van der Waals surface area contributed by atoms with Crippen LogP contribution in [-0.2, 0) is 0 Å². The summed E-state index contributed by atoms with van der Waals surface area (Å²) in [6, 6.07) is 0.201. The third-order valence-electron chi connectivity index (χ3n) is 5.04. The van der Waals surface area contributed by atoms with Gasteiger partial charge >= 0.3 is 0 Å². The average Bonchev–Trinajstić information content (AvgIpc) is 2.39. The number of hydrogen-bond donors (Lipinski definition) is 3. The molecular weight excluding hydrogens is 226 g/mol. The fourth-order valence-electron chi connectivity index (χ4n) is 3.47. The van der Waals surface area contributed by atoms with E-state index in [0.717, 1.165) is 50.9 Å². The molecule has 2 saturated carbocycles.